The van der Waals surface area contributed by atoms with E-state index >= 15 is 0 Å². The van der Waals surface area contributed by atoms with Crippen molar-refractivity contribution in [1.29, 1.82) is 0 Å². The molecule has 0 atom stereocenters. The average Bonchev–Trinajstić information content (AvgIpc) is 2.39. The molecule has 19 heavy (non-hydrogen) atoms. The third-order valence-electron chi connectivity index (χ3n) is 2.81. The zero-order valence-electron chi connectivity index (χ0n) is 11.1. The Bertz CT molecular complexity index is 593. The van der Waals surface area contributed by atoms with E-state index in [0.29, 0.717) is 24.5 Å². The highest BCUT2D eigenvalue weighted by Crippen LogP contribution is 2.11. The highest BCUT2D eigenvalue weighted by Gasteiger charge is 2.07. The summed E-state index contributed by atoms with van der Waals surface area (Å²) in [5.74, 6) is 0.454. The molecule has 0 amide bonds. The molecule has 1 aromatic heterocycles. The van der Waals surface area contributed by atoms with Gasteiger partial charge in [0.2, 0.25) is 5.95 Å². The Morgan fingerprint density at radius 1 is 1.32 bits per heavy atom. The molecule has 5 heteroatoms. The molecule has 100 valence electrons. The molecule has 0 bridgehead atoms. The van der Waals surface area contributed by atoms with E-state index in [9.17, 15) is 4.79 Å². The number of hydrogen-bond acceptors (Lipinski definition) is 4. The number of aromatic amines is 1. The standard InChI is InChI=1S/C14H17N3O2/c1-10-12(8-9-19-2)13(18)17-14(15-10)16-11-6-4-3-5-7-11/h3-7H,8-9H2,1-2H3,(H2,15,16,17,18). The highest BCUT2D eigenvalue weighted by molar-refractivity contribution is 5.52. The second-order valence-electron chi connectivity index (χ2n) is 4.21. The van der Waals surface area contributed by atoms with Crippen molar-refractivity contribution in [2.45, 2.75) is 13.3 Å². The summed E-state index contributed by atoms with van der Waals surface area (Å²) in [7, 11) is 1.61. The maximum atomic E-state index is 12.0. The first-order valence-electron chi connectivity index (χ1n) is 6.11. The van der Waals surface area contributed by atoms with Crippen molar-refractivity contribution in [3.8, 4) is 0 Å². The number of hydrogen-bond donors (Lipinski definition) is 2. The fourth-order valence-corrected chi connectivity index (χ4v) is 1.83. The van der Waals surface area contributed by atoms with E-state index in [4.69, 9.17) is 4.74 Å². The lowest BCUT2D eigenvalue weighted by Gasteiger charge is -2.08. The molecule has 2 rings (SSSR count). The van der Waals surface area contributed by atoms with Gasteiger partial charge in [-0.1, -0.05) is 18.2 Å². The number of nitrogens with zero attached hydrogens (tertiary/aromatic N) is 1. The van der Waals surface area contributed by atoms with Gasteiger partial charge in [0.1, 0.15) is 0 Å². The van der Waals surface area contributed by atoms with Crippen molar-refractivity contribution in [3.63, 3.8) is 0 Å². The molecule has 5 nitrogen and oxygen atoms in total. The van der Waals surface area contributed by atoms with Crippen LogP contribution in [-0.4, -0.2) is 23.7 Å². The second-order valence-corrected chi connectivity index (χ2v) is 4.21. The number of benzene rings is 1. The summed E-state index contributed by atoms with van der Waals surface area (Å²) in [6.07, 6.45) is 0.566. The average molecular weight is 259 g/mol. The van der Waals surface area contributed by atoms with Crippen LogP contribution in [-0.2, 0) is 11.2 Å². The molecule has 0 fully saturated rings. The third kappa shape index (κ3) is 3.42. The van der Waals surface area contributed by atoms with Crippen LogP contribution in [0.3, 0.4) is 0 Å². The van der Waals surface area contributed by atoms with E-state index < -0.39 is 0 Å². The SMILES string of the molecule is COCCc1c(C)nc(Nc2ccccc2)[nH]c1=O. The summed E-state index contributed by atoms with van der Waals surface area (Å²) < 4.78 is 4.99. The van der Waals surface area contributed by atoms with Crippen LogP contribution in [0.1, 0.15) is 11.3 Å². The molecule has 0 radical (unpaired) electrons. The fraction of sp³-hybridized carbons (Fsp3) is 0.286. The Morgan fingerprint density at radius 3 is 2.68 bits per heavy atom. The molecular weight excluding hydrogens is 242 g/mol. The third-order valence-corrected chi connectivity index (χ3v) is 2.81. The number of nitrogens with one attached hydrogen (secondary N) is 2. The van der Waals surface area contributed by atoms with Crippen molar-refractivity contribution in [2.75, 3.05) is 19.0 Å². The van der Waals surface area contributed by atoms with Crippen LogP contribution in [0.5, 0.6) is 0 Å². The fourth-order valence-electron chi connectivity index (χ4n) is 1.83. The molecule has 0 aliphatic heterocycles. The molecule has 0 aliphatic carbocycles. The molecule has 0 aliphatic rings. The maximum absolute atomic E-state index is 12.0. The summed E-state index contributed by atoms with van der Waals surface area (Å²) >= 11 is 0. The number of para-hydroxylation sites is 1. The zero-order chi connectivity index (χ0) is 13.7. The highest BCUT2D eigenvalue weighted by atomic mass is 16.5. The predicted molar refractivity (Wildman–Crippen MR) is 74.9 cm³/mol. The Morgan fingerprint density at radius 2 is 2.05 bits per heavy atom. The topological polar surface area (TPSA) is 67.0 Å². The second kappa shape index (κ2) is 6.15. The molecule has 0 spiro atoms. The van der Waals surface area contributed by atoms with Crippen molar-refractivity contribution < 1.29 is 4.74 Å². The molecule has 2 N–H and O–H groups in total. The van der Waals surface area contributed by atoms with Crippen LogP contribution < -0.4 is 10.9 Å². The van der Waals surface area contributed by atoms with Gasteiger partial charge in [-0.2, -0.15) is 0 Å². The molecule has 0 saturated heterocycles. The van der Waals surface area contributed by atoms with Gasteiger partial charge < -0.3 is 10.1 Å². The van der Waals surface area contributed by atoms with Crippen LogP contribution in [0.25, 0.3) is 0 Å². The Hall–Kier alpha value is -2.14. The summed E-state index contributed by atoms with van der Waals surface area (Å²) in [4.78, 5) is 19.1. The maximum Gasteiger partial charge on any atom is 0.255 e. The first kappa shape index (κ1) is 13.3. The van der Waals surface area contributed by atoms with Gasteiger partial charge in [0.15, 0.2) is 0 Å². The minimum Gasteiger partial charge on any atom is -0.384 e. The number of methoxy groups -OCH3 is 1. The van der Waals surface area contributed by atoms with Crippen molar-refractivity contribution in [3.05, 3.63) is 51.9 Å². The quantitative estimate of drug-likeness (QED) is 0.862. The van der Waals surface area contributed by atoms with E-state index in [2.05, 4.69) is 15.3 Å². The van der Waals surface area contributed by atoms with E-state index in [-0.39, 0.29) is 5.56 Å². The van der Waals surface area contributed by atoms with Gasteiger partial charge >= 0.3 is 0 Å². The van der Waals surface area contributed by atoms with Gasteiger partial charge in [0.05, 0.1) is 12.3 Å². The Kier molecular flexibility index (Phi) is 4.30. The van der Waals surface area contributed by atoms with E-state index in [0.717, 1.165) is 11.4 Å². The number of aryl methyl sites for hydroxylation is 1. The number of rotatable bonds is 5. The Balaban J connectivity index is 2.22. The first-order chi connectivity index (χ1) is 9.20. The monoisotopic (exact) mass is 259 g/mol. The Labute approximate surface area is 111 Å². The molecular formula is C14H17N3O2. The van der Waals surface area contributed by atoms with Crippen LogP contribution in [0.4, 0.5) is 11.6 Å². The smallest absolute Gasteiger partial charge is 0.255 e. The summed E-state index contributed by atoms with van der Waals surface area (Å²) in [5.41, 5.74) is 2.15. The van der Waals surface area contributed by atoms with Gasteiger partial charge in [-0.15, -0.1) is 0 Å². The number of anilines is 2. The molecule has 0 saturated carbocycles. The minimum atomic E-state index is -0.122. The van der Waals surface area contributed by atoms with Gasteiger partial charge in [-0.25, -0.2) is 4.98 Å². The van der Waals surface area contributed by atoms with Gasteiger partial charge in [-0.05, 0) is 19.1 Å². The van der Waals surface area contributed by atoms with Gasteiger partial charge in [-0.3, -0.25) is 9.78 Å². The van der Waals surface area contributed by atoms with E-state index in [1.807, 2.05) is 37.3 Å². The van der Waals surface area contributed by atoms with Crippen molar-refractivity contribution in [1.82, 2.24) is 9.97 Å². The number of H-pyrrole nitrogens is 1. The lowest BCUT2D eigenvalue weighted by atomic mass is 10.2. The van der Waals surface area contributed by atoms with Gasteiger partial charge in [0.25, 0.3) is 5.56 Å². The summed E-state index contributed by atoms with van der Waals surface area (Å²) in [5, 5.41) is 3.07. The predicted octanol–water partition coefficient (Wildman–Crippen LogP) is 2.01. The molecule has 0 unspecified atom stereocenters. The van der Waals surface area contributed by atoms with Crippen LogP contribution in [0, 0.1) is 6.92 Å². The largest absolute Gasteiger partial charge is 0.384 e. The number of aromatic nitrogens is 2. The van der Waals surface area contributed by atoms with Crippen LogP contribution in [0.15, 0.2) is 35.1 Å². The lowest BCUT2D eigenvalue weighted by Crippen LogP contribution is -2.19. The summed E-state index contributed by atoms with van der Waals surface area (Å²) in [6.45, 7) is 2.34. The van der Waals surface area contributed by atoms with E-state index in [1.54, 1.807) is 7.11 Å². The van der Waals surface area contributed by atoms with Crippen molar-refractivity contribution in [2.24, 2.45) is 0 Å². The molecule has 2 aromatic rings. The van der Waals surface area contributed by atoms with Crippen LogP contribution in [0.2, 0.25) is 0 Å². The number of ether oxygens (including phenoxy) is 1. The normalized spacial score (nSPS) is 10.4. The molecule has 1 heterocycles. The molecule has 1 aromatic carbocycles. The minimum absolute atomic E-state index is 0.122. The van der Waals surface area contributed by atoms with E-state index in [1.165, 1.54) is 0 Å². The van der Waals surface area contributed by atoms with Gasteiger partial charge in [0, 0.05) is 24.8 Å². The van der Waals surface area contributed by atoms with Crippen molar-refractivity contribution >= 4 is 11.6 Å². The lowest BCUT2D eigenvalue weighted by molar-refractivity contribution is 0.202. The first-order valence-corrected chi connectivity index (χ1v) is 6.11. The zero-order valence-corrected chi connectivity index (χ0v) is 11.1. The van der Waals surface area contributed by atoms with Crippen LogP contribution >= 0.6 is 0 Å². The summed E-state index contributed by atoms with van der Waals surface area (Å²) in [6, 6.07) is 9.59.